The molecule has 0 bridgehead atoms. The zero-order chi connectivity index (χ0) is 13.6. The minimum atomic E-state index is -0.644. The highest BCUT2D eigenvalue weighted by Crippen LogP contribution is 2.16. The number of nitrogens with zero attached hydrogens (tertiary/aromatic N) is 1. The van der Waals surface area contributed by atoms with Gasteiger partial charge in [-0.25, -0.2) is 0 Å². The molecule has 1 aliphatic rings. The number of carbonyl (C=O) groups excluding carboxylic acids is 1. The molecule has 5 heteroatoms. The van der Waals surface area contributed by atoms with E-state index in [9.17, 15) is 4.79 Å². The molecular weight excluding hydrogens is 230 g/mol. The number of likely N-dealkylation sites (N-methyl/N-ethyl adjacent to an activating group) is 2. The minimum Gasteiger partial charge on any atom is -0.381 e. The van der Waals surface area contributed by atoms with Gasteiger partial charge in [-0.1, -0.05) is 6.92 Å². The lowest BCUT2D eigenvalue weighted by atomic mass is 9.97. The Morgan fingerprint density at radius 3 is 2.61 bits per heavy atom. The van der Waals surface area contributed by atoms with Crippen LogP contribution in [0.15, 0.2) is 0 Å². The maximum atomic E-state index is 11.6. The van der Waals surface area contributed by atoms with Crippen molar-refractivity contribution in [2.45, 2.75) is 32.2 Å². The van der Waals surface area contributed by atoms with Gasteiger partial charge in [0.2, 0.25) is 5.91 Å². The van der Waals surface area contributed by atoms with Crippen LogP contribution in [-0.4, -0.2) is 56.2 Å². The van der Waals surface area contributed by atoms with Crippen LogP contribution in [-0.2, 0) is 9.53 Å². The van der Waals surface area contributed by atoms with Gasteiger partial charge in [-0.3, -0.25) is 4.79 Å². The standard InChI is InChI=1S/C13H27N3O2/c1-4-15-13(2,12(14)17)10-16(3)9-11-5-7-18-8-6-11/h11,15H,4-10H2,1-3H3,(H2,14,17). The summed E-state index contributed by atoms with van der Waals surface area (Å²) >= 11 is 0. The molecule has 0 saturated carbocycles. The van der Waals surface area contributed by atoms with E-state index in [-0.39, 0.29) is 5.91 Å². The molecule has 18 heavy (non-hydrogen) atoms. The molecule has 1 amide bonds. The first-order valence-corrected chi connectivity index (χ1v) is 6.79. The van der Waals surface area contributed by atoms with Gasteiger partial charge in [-0.15, -0.1) is 0 Å². The average molecular weight is 257 g/mol. The Morgan fingerprint density at radius 2 is 2.11 bits per heavy atom. The summed E-state index contributed by atoms with van der Waals surface area (Å²) in [5.41, 5.74) is 4.85. The van der Waals surface area contributed by atoms with Gasteiger partial charge in [0.1, 0.15) is 5.54 Å². The summed E-state index contributed by atoms with van der Waals surface area (Å²) in [6, 6.07) is 0. The van der Waals surface area contributed by atoms with Crippen molar-refractivity contribution in [2.24, 2.45) is 11.7 Å². The minimum absolute atomic E-state index is 0.289. The molecule has 1 unspecified atom stereocenters. The summed E-state index contributed by atoms with van der Waals surface area (Å²) in [4.78, 5) is 13.7. The fourth-order valence-corrected chi connectivity index (χ4v) is 2.59. The molecule has 106 valence electrons. The van der Waals surface area contributed by atoms with Crippen LogP contribution < -0.4 is 11.1 Å². The van der Waals surface area contributed by atoms with Crippen LogP contribution in [0.2, 0.25) is 0 Å². The van der Waals surface area contributed by atoms with Crippen molar-refractivity contribution in [3.8, 4) is 0 Å². The lowest BCUT2D eigenvalue weighted by Crippen LogP contribution is -2.59. The van der Waals surface area contributed by atoms with E-state index in [4.69, 9.17) is 10.5 Å². The third-order valence-corrected chi connectivity index (χ3v) is 3.61. The van der Waals surface area contributed by atoms with Gasteiger partial charge in [0.05, 0.1) is 0 Å². The van der Waals surface area contributed by atoms with Crippen LogP contribution in [0.5, 0.6) is 0 Å². The summed E-state index contributed by atoms with van der Waals surface area (Å²) in [7, 11) is 2.05. The van der Waals surface area contributed by atoms with E-state index in [1.165, 1.54) is 0 Å². The second-order valence-electron chi connectivity index (χ2n) is 5.48. The number of primary amides is 1. The third-order valence-electron chi connectivity index (χ3n) is 3.61. The molecule has 3 N–H and O–H groups in total. The molecule has 1 atom stereocenters. The SMILES string of the molecule is CCNC(C)(CN(C)CC1CCOCC1)C(N)=O. The van der Waals surface area contributed by atoms with E-state index in [0.717, 1.165) is 39.1 Å². The molecule has 0 aliphatic carbocycles. The van der Waals surface area contributed by atoms with Crippen molar-refractivity contribution in [1.29, 1.82) is 0 Å². The van der Waals surface area contributed by atoms with E-state index in [0.29, 0.717) is 12.5 Å². The molecule has 0 aromatic rings. The van der Waals surface area contributed by atoms with E-state index in [1.807, 2.05) is 20.9 Å². The van der Waals surface area contributed by atoms with Crippen LogP contribution in [0, 0.1) is 5.92 Å². The number of nitrogens with one attached hydrogen (secondary N) is 1. The molecule has 0 spiro atoms. The van der Waals surface area contributed by atoms with Gasteiger partial charge >= 0.3 is 0 Å². The van der Waals surface area contributed by atoms with E-state index >= 15 is 0 Å². The maximum absolute atomic E-state index is 11.6. The lowest BCUT2D eigenvalue weighted by molar-refractivity contribution is -0.124. The normalized spacial score (nSPS) is 20.9. The molecular formula is C13H27N3O2. The molecule has 0 aromatic heterocycles. The number of hydrogen-bond acceptors (Lipinski definition) is 4. The van der Waals surface area contributed by atoms with E-state index in [2.05, 4.69) is 10.2 Å². The van der Waals surface area contributed by atoms with Crippen molar-refractivity contribution in [2.75, 3.05) is 39.9 Å². The Hall–Kier alpha value is -0.650. The number of hydrogen-bond donors (Lipinski definition) is 2. The fraction of sp³-hybridized carbons (Fsp3) is 0.923. The van der Waals surface area contributed by atoms with Crippen molar-refractivity contribution < 1.29 is 9.53 Å². The molecule has 1 fully saturated rings. The van der Waals surface area contributed by atoms with Crippen LogP contribution in [0.1, 0.15) is 26.7 Å². The third kappa shape index (κ3) is 4.55. The molecule has 1 rings (SSSR count). The first-order chi connectivity index (χ1) is 8.48. The van der Waals surface area contributed by atoms with E-state index < -0.39 is 5.54 Å². The van der Waals surface area contributed by atoms with Crippen LogP contribution in [0.4, 0.5) is 0 Å². The average Bonchev–Trinajstić information content (AvgIpc) is 2.30. The summed E-state index contributed by atoms with van der Waals surface area (Å²) in [5.74, 6) is 0.380. The Labute approximate surface area is 110 Å². The highest BCUT2D eigenvalue weighted by molar-refractivity contribution is 5.84. The van der Waals surface area contributed by atoms with Gasteiger partial charge in [-0.05, 0) is 39.3 Å². The smallest absolute Gasteiger partial charge is 0.238 e. The lowest BCUT2D eigenvalue weighted by Gasteiger charge is -2.34. The highest BCUT2D eigenvalue weighted by Gasteiger charge is 2.31. The topological polar surface area (TPSA) is 67.6 Å². The number of nitrogens with two attached hydrogens (primary N) is 1. The molecule has 1 saturated heterocycles. The Kier molecular flexibility index (Phi) is 6.05. The zero-order valence-electron chi connectivity index (χ0n) is 11.9. The van der Waals surface area contributed by atoms with Crippen molar-refractivity contribution in [3.05, 3.63) is 0 Å². The number of rotatable bonds is 7. The second-order valence-corrected chi connectivity index (χ2v) is 5.48. The van der Waals surface area contributed by atoms with Gasteiger partial charge in [0.15, 0.2) is 0 Å². The second kappa shape index (κ2) is 7.07. The first-order valence-electron chi connectivity index (χ1n) is 6.79. The van der Waals surface area contributed by atoms with E-state index in [1.54, 1.807) is 0 Å². The molecule has 5 nitrogen and oxygen atoms in total. The van der Waals surface area contributed by atoms with Crippen LogP contribution >= 0.6 is 0 Å². The predicted molar refractivity (Wildman–Crippen MR) is 72.3 cm³/mol. The maximum Gasteiger partial charge on any atom is 0.238 e. The van der Waals surface area contributed by atoms with Gasteiger partial charge in [-0.2, -0.15) is 0 Å². The quantitative estimate of drug-likeness (QED) is 0.683. The summed E-state index contributed by atoms with van der Waals surface area (Å²) in [6.45, 7) is 7.96. The summed E-state index contributed by atoms with van der Waals surface area (Å²) in [6.07, 6.45) is 2.22. The summed E-state index contributed by atoms with van der Waals surface area (Å²) in [5, 5.41) is 3.19. The first kappa shape index (κ1) is 15.4. The van der Waals surface area contributed by atoms with Crippen molar-refractivity contribution in [1.82, 2.24) is 10.2 Å². The van der Waals surface area contributed by atoms with Gasteiger partial charge in [0.25, 0.3) is 0 Å². The van der Waals surface area contributed by atoms with Crippen LogP contribution in [0.3, 0.4) is 0 Å². The zero-order valence-corrected chi connectivity index (χ0v) is 11.9. The molecule has 0 aromatic carbocycles. The Balaban J connectivity index is 2.45. The Morgan fingerprint density at radius 1 is 1.50 bits per heavy atom. The van der Waals surface area contributed by atoms with Crippen molar-refractivity contribution >= 4 is 5.91 Å². The highest BCUT2D eigenvalue weighted by atomic mass is 16.5. The Bertz CT molecular complexity index is 267. The van der Waals surface area contributed by atoms with Gasteiger partial charge < -0.3 is 20.7 Å². The summed E-state index contributed by atoms with van der Waals surface area (Å²) < 4.78 is 5.35. The molecule has 1 heterocycles. The molecule has 1 aliphatic heterocycles. The number of ether oxygens (including phenoxy) is 1. The monoisotopic (exact) mass is 257 g/mol. The largest absolute Gasteiger partial charge is 0.381 e. The predicted octanol–water partition coefficient (Wildman–Crippen LogP) is 0.198. The molecule has 0 radical (unpaired) electrons. The van der Waals surface area contributed by atoms with Crippen molar-refractivity contribution in [3.63, 3.8) is 0 Å². The van der Waals surface area contributed by atoms with Crippen LogP contribution in [0.25, 0.3) is 0 Å². The van der Waals surface area contributed by atoms with Gasteiger partial charge in [0, 0.05) is 26.3 Å². The number of carbonyl (C=O) groups is 1. The fourth-order valence-electron chi connectivity index (χ4n) is 2.59. The number of amides is 1.